The quantitative estimate of drug-likeness (QED) is 0.460. The molecule has 3 N–H and O–H groups in total. The molecule has 4 unspecified atom stereocenters. The lowest BCUT2D eigenvalue weighted by Crippen LogP contribution is -2.56. The van der Waals surface area contributed by atoms with Crippen molar-refractivity contribution in [1.82, 2.24) is 4.72 Å². The van der Waals surface area contributed by atoms with Crippen LogP contribution >= 0.6 is 11.3 Å². The van der Waals surface area contributed by atoms with E-state index in [1.54, 1.807) is 0 Å². The Bertz CT molecular complexity index is 1480. The van der Waals surface area contributed by atoms with Gasteiger partial charge in [0.1, 0.15) is 27.5 Å². The second kappa shape index (κ2) is 9.01. The van der Waals surface area contributed by atoms with Crippen LogP contribution in [0.4, 0.5) is 15.1 Å². The highest BCUT2D eigenvalue weighted by atomic mass is 32.2. The van der Waals surface area contributed by atoms with E-state index in [0.717, 1.165) is 24.0 Å². The van der Waals surface area contributed by atoms with Crippen LogP contribution in [0.2, 0.25) is 0 Å². The van der Waals surface area contributed by atoms with Crippen LogP contribution in [0.5, 0.6) is 0 Å². The zero-order valence-electron chi connectivity index (χ0n) is 19.0. The highest BCUT2D eigenvalue weighted by Gasteiger charge is 2.54. The molecule has 2 fully saturated rings. The summed E-state index contributed by atoms with van der Waals surface area (Å²) >= 11 is 1.02. The molecule has 10 nitrogen and oxygen atoms in total. The Labute approximate surface area is 211 Å². The van der Waals surface area contributed by atoms with E-state index in [9.17, 15) is 30.8 Å². The number of carbonyl (C=O) groups excluding carboxylic acids is 2. The van der Waals surface area contributed by atoms with E-state index in [2.05, 4.69) is 19.8 Å². The molecule has 0 radical (unpaired) electrons. The first kappa shape index (κ1) is 25.0. The number of carbonyl (C=O) groups is 2. The van der Waals surface area contributed by atoms with Crippen molar-refractivity contribution in [1.29, 1.82) is 0 Å². The van der Waals surface area contributed by atoms with Crippen molar-refractivity contribution >= 4 is 59.5 Å². The Kier molecular flexibility index (Phi) is 6.25. The van der Waals surface area contributed by atoms with Crippen molar-refractivity contribution in [2.75, 3.05) is 16.9 Å². The molecule has 192 valence electrons. The number of Topliss-reactive ketones (excluding diaryl/α,β-unsaturated/α-hetero) is 2. The number of fused-ring (bicyclic) bond motifs is 2. The summed E-state index contributed by atoms with van der Waals surface area (Å²) in [5.41, 5.74) is 0.729. The van der Waals surface area contributed by atoms with Gasteiger partial charge in [-0.05, 0) is 48.4 Å². The maximum absolute atomic E-state index is 13.6. The van der Waals surface area contributed by atoms with E-state index in [1.807, 2.05) is 0 Å². The summed E-state index contributed by atoms with van der Waals surface area (Å²) in [7, 11) is -7.87. The van der Waals surface area contributed by atoms with Crippen LogP contribution in [-0.4, -0.2) is 46.5 Å². The molecule has 3 aliphatic rings. The molecule has 36 heavy (non-hydrogen) atoms. The van der Waals surface area contributed by atoms with Crippen LogP contribution in [0.3, 0.4) is 0 Å². The largest absolute Gasteiger partial charge is 0.375 e. The number of hydrogen-bond donors (Lipinski definition) is 3. The van der Waals surface area contributed by atoms with Crippen LogP contribution in [0.1, 0.15) is 24.8 Å². The third-order valence-corrected chi connectivity index (χ3v) is 9.90. The topological polar surface area (TPSA) is 151 Å². The molecule has 0 saturated heterocycles. The standard InChI is InChI=1S/C22H23FN4O6S3/c1-35(30,31)24-9-11-10-34-22-20(11)36(32,33)27-21(26-22)16-18(28)15-4-2-3-14(15)17(19(16)29)25-13-7-5-12(23)6-8-13/h5-8,10,14-17,24-25H,2-4,9H2,1H3,(H,26,27). The van der Waals surface area contributed by atoms with Crippen molar-refractivity contribution in [3.8, 4) is 0 Å². The van der Waals surface area contributed by atoms with Crippen LogP contribution < -0.4 is 15.4 Å². The Hall–Kier alpha value is -2.68. The number of nitrogens with zero attached hydrogens (tertiary/aromatic N) is 1. The van der Waals surface area contributed by atoms with Crippen molar-refractivity contribution in [3.63, 3.8) is 0 Å². The molecule has 1 aliphatic heterocycles. The molecule has 5 rings (SSSR count). The van der Waals surface area contributed by atoms with Crippen LogP contribution in [0.25, 0.3) is 0 Å². The number of anilines is 2. The summed E-state index contributed by atoms with van der Waals surface area (Å²) in [6, 6.07) is 4.76. The second-order valence-electron chi connectivity index (χ2n) is 9.16. The third kappa shape index (κ3) is 4.58. The maximum Gasteiger partial charge on any atom is 0.287 e. The molecular formula is C22H23FN4O6S3. The molecule has 4 atom stereocenters. The first-order chi connectivity index (χ1) is 16.9. The fraction of sp³-hybridized carbons (Fsp3) is 0.409. The van der Waals surface area contributed by atoms with Gasteiger partial charge >= 0.3 is 0 Å². The number of halogens is 1. The predicted octanol–water partition coefficient (Wildman–Crippen LogP) is 2.11. The van der Waals surface area contributed by atoms with E-state index in [-0.39, 0.29) is 39.5 Å². The molecule has 14 heteroatoms. The number of thiophene rings is 1. The number of sulfonamides is 2. The van der Waals surface area contributed by atoms with Gasteiger partial charge in [0.05, 0.1) is 12.3 Å². The van der Waals surface area contributed by atoms with E-state index in [1.165, 1.54) is 29.6 Å². The molecule has 2 aliphatic carbocycles. The number of rotatable bonds is 6. The average Bonchev–Trinajstić information content (AvgIpc) is 3.44. The molecule has 2 heterocycles. The van der Waals surface area contributed by atoms with Crippen LogP contribution in [-0.2, 0) is 36.2 Å². The number of nitrogens with one attached hydrogen (secondary N) is 3. The lowest BCUT2D eigenvalue weighted by Gasteiger charge is -2.37. The minimum atomic E-state index is -4.31. The zero-order valence-corrected chi connectivity index (χ0v) is 21.5. The fourth-order valence-corrected chi connectivity index (χ4v) is 8.25. The highest BCUT2D eigenvalue weighted by molar-refractivity contribution is 7.91. The maximum atomic E-state index is 13.6. The predicted molar refractivity (Wildman–Crippen MR) is 132 cm³/mol. The Morgan fingerprint density at radius 2 is 1.89 bits per heavy atom. The number of benzene rings is 1. The van der Waals surface area contributed by atoms with Gasteiger partial charge in [0.25, 0.3) is 10.0 Å². The first-order valence-corrected chi connectivity index (χ1v) is 15.4. The molecule has 0 bridgehead atoms. The Morgan fingerprint density at radius 1 is 1.17 bits per heavy atom. The first-order valence-electron chi connectivity index (χ1n) is 11.2. The number of hydrogen-bond acceptors (Lipinski definition) is 9. The normalized spacial score (nSPS) is 27.1. The van der Waals surface area contributed by atoms with E-state index in [4.69, 9.17) is 0 Å². The Balaban J connectivity index is 1.47. The third-order valence-electron chi connectivity index (χ3n) is 6.74. The van der Waals surface area contributed by atoms with Crippen LogP contribution in [0, 0.1) is 23.6 Å². The molecule has 1 aromatic heterocycles. The summed E-state index contributed by atoms with van der Waals surface area (Å²) in [5, 5.41) is 7.65. The van der Waals surface area contributed by atoms with Gasteiger partial charge in [0.2, 0.25) is 10.0 Å². The fourth-order valence-electron chi connectivity index (χ4n) is 5.18. The van der Waals surface area contributed by atoms with E-state index < -0.39 is 49.5 Å². The summed E-state index contributed by atoms with van der Waals surface area (Å²) in [4.78, 5) is 26.9. The van der Waals surface area contributed by atoms with Gasteiger partial charge in [0, 0.05) is 23.7 Å². The zero-order chi connectivity index (χ0) is 25.8. The minimum Gasteiger partial charge on any atom is -0.375 e. The highest BCUT2D eigenvalue weighted by Crippen LogP contribution is 2.44. The van der Waals surface area contributed by atoms with E-state index >= 15 is 0 Å². The van der Waals surface area contributed by atoms with Crippen molar-refractivity contribution in [3.05, 3.63) is 41.0 Å². The Morgan fingerprint density at radius 3 is 2.58 bits per heavy atom. The molecular weight excluding hydrogens is 531 g/mol. The molecule has 2 saturated carbocycles. The smallest absolute Gasteiger partial charge is 0.287 e. The lowest BCUT2D eigenvalue weighted by molar-refractivity contribution is -0.138. The van der Waals surface area contributed by atoms with E-state index in [0.29, 0.717) is 18.5 Å². The monoisotopic (exact) mass is 554 g/mol. The van der Waals surface area contributed by atoms with Gasteiger partial charge in [0.15, 0.2) is 11.6 Å². The van der Waals surface area contributed by atoms with Gasteiger partial charge in [-0.25, -0.2) is 17.5 Å². The van der Waals surface area contributed by atoms with Gasteiger partial charge < -0.3 is 10.6 Å². The minimum absolute atomic E-state index is 0.169. The lowest BCUT2D eigenvalue weighted by atomic mass is 9.70. The average molecular weight is 555 g/mol. The molecule has 1 aromatic carbocycles. The number of ketones is 2. The van der Waals surface area contributed by atoms with Crippen molar-refractivity contribution < 1.29 is 30.8 Å². The summed E-state index contributed by atoms with van der Waals surface area (Å²) in [6.45, 7) is -0.245. The van der Waals surface area contributed by atoms with Crippen molar-refractivity contribution in [2.24, 2.45) is 22.2 Å². The summed E-state index contributed by atoms with van der Waals surface area (Å²) in [5.74, 6) is -3.61. The van der Waals surface area contributed by atoms with Gasteiger partial charge in [-0.3, -0.25) is 9.59 Å². The molecule has 0 amide bonds. The second-order valence-corrected chi connectivity index (χ2v) is 13.4. The van der Waals surface area contributed by atoms with Crippen LogP contribution in [0.15, 0.2) is 38.9 Å². The summed E-state index contributed by atoms with van der Waals surface area (Å²) < 4.78 is 68.6. The van der Waals surface area contributed by atoms with Gasteiger partial charge in [-0.1, -0.05) is 6.42 Å². The summed E-state index contributed by atoms with van der Waals surface area (Å²) in [6.07, 6.45) is 2.96. The van der Waals surface area contributed by atoms with Gasteiger partial charge in [-0.15, -0.1) is 15.7 Å². The van der Waals surface area contributed by atoms with Gasteiger partial charge in [-0.2, -0.15) is 8.42 Å². The molecule has 0 spiro atoms. The van der Waals surface area contributed by atoms with Crippen molar-refractivity contribution in [2.45, 2.75) is 36.7 Å². The SMILES string of the molecule is CS(=O)(=O)NCc1csc2c1S(=O)(=O)N=C(C1C(=O)C3CCCC3C(Nc3ccc(F)cc3)C1=O)N2. The molecule has 2 aromatic rings. The number of amidine groups is 1.